The molecule has 0 aliphatic heterocycles. The lowest BCUT2D eigenvalue weighted by molar-refractivity contribution is 0.0841. The molecule has 1 nitrogen and oxygen atoms in total. The Labute approximate surface area is 101 Å². The third-order valence-electron chi connectivity index (χ3n) is 1.72. The second-order valence-electron chi connectivity index (χ2n) is 2.96. The third kappa shape index (κ3) is 4.94. The Bertz CT molecular complexity index is 291. The van der Waals surface area contributed by atoms with Crippen molar-refractivity contribution in [2.45, 2.75) is 19.6 Å². The second-order valence-corrected chi connectivity index (χ2v) is 5.73. The van der Waals surface area contributed by atoms with Gasteiger partial charge in [0.1, 0.15) is 0 Å². The van der Waals surface area contributed by atoms with E-state index in [-0.39, 0.29) is 6.10 Å². The van der Waals surface area contributed by atoms with Gasteiger partial charge in [0.2, 0.25) is 0 Å². The van der Waals surface area contributed by atoms with Gasteiger partial charge in [0.15, 0.2) is 0 Å². The largest absolute Gasteiger partial charge is 0.370 e. The summed E-state index contributed by atoms with van der Waals surface area (Å²) in [7, 11) is 0. The molecule has 0 heterocycles. The van der Waals surface area contributed by atoms with Crippen molar-refractivity contribution in [3.05, 3.63) is 45.4 Å². The van der Waals surface area contributed by atoms with Crippen molar-refractivity contribution >= 4 is 31.9 Å². The monoisotopic (exact) mass is 318 g/mol. The van der Waals surface area contributed by atoms with Gasteiger partial charge in [-0.3, -0.25) is 0 Å². The lowest BCUT2D eigenvalue weighted by atomic mass is 10.2. The highest BCUT2D eigenvalue weighted by molar-refractivity contribution is 9.28. The van der Waals surface area contributed by atoms with Gasteiger partial charge in [-0.05, 0) is 50.4 Å². The molecule has 1 aromatic rings. The molecule has 76 valence electrons. The van der Waals surface area contributed by atoms with Crippen molar-refractivity contribution in [3.63, 3.8) is 0 Å². The van der Waals surface area contributed by atoms with Crippen molar-refractivity contribution in [2.75, 3.05) is 0 Å². The molecule has 0 saturated carbocycles. The van der Waals surface area contributed by atoms with E-state index in [0.29, 0.717) is 6.61 Å². The van der Waals surface area contributed by atoms with Crippen LogP contribution in [0.4, 0.5) is 0 Å². The number of benzene rings is 1. The summed E-state index contributed by atoms with van der Waals surface area (Å²) < 4.78 is 6.52. The molecule has 1 unspecified atom stereocenters. The molecule has 0 amide bonds. The van der Waals surface area contributed by atoms with Gasteiger partial charge < -0.3 is 4.74 Å². The van der Waals surface area contributed by atoms with Gasteiger partial charge in [-0.15, -0.1) is 0 Å². The van der Waals surface area contributed by atoms with Crippen LogP contribution in [-0.2, 0) is 11.3 Å². The predicted molar refractivity (Wildman–Crippen MR) is 66.6 cm³/mol. The highest BCUT2D eigenvalue weighted by Crippen LogP contribution is 2.15. The van der Waals surface area contributed by atoms with Gasteiger partial charge in [-0.25, -0.2) is 0 Å². The SMILES string of the molecule is CC(C=C(Br)Br)OCc1ccccc1. The van der Waals surface area contributed by atoms with Crippen LogP contribution in [0.5, 0.6) is 0 Å². The molecule has 0 N–H and O–H groups in total. The second kappa shape index (κ2) is 6.38. The summed E-state index contributed by atoms with van der Waals surface area (Å²) in [6.07, 6.45) is 2.06. The molecule has 14 heavy (non-hydrogen) atoms. The minimum Gasteiger partial charge on any atom is -0.370 e. The van der Waals surface area contributed by atoms with Gasteiger partial charge in [-0.2, -0.15) is 0 Å². The van der Waals surface area contributed by atoms with Gasteiger partial charge in [0, 0.05) is 0 Å². The Balaban J connectivity index is 2.38. The summed E-state index contributed by atoms with van der Waals surface area (Å²) in [5.74, 6) is 0. The maximum absolute atomic E-state index is 5.60. The van der Waals surface area contributed by atoms with E-state index in [1.807, 2.05) is 31.2 Å². The molecule has 0 spiro atoms. The molecule has 1 atom stereocenters. The van der Waals surface area contributed by atoms with Crippen molar-refractivity contribution < 1.29 is 4.74 Å². The van der Waals surface area contributed by atoms with E-state index in [1.165, 1.54) is 5.56 Å². The maximum atomic E-state index is 5.60. The summed E-state index contributed by atoms with van der Waals surface area (Å²) in [6.45, 7) is 2.65. The van der Waals surface area contributed by atoms with E-state index in [9.17, 15) is 0 Å². The zero-order valence-electron chi connectivity index (χ0n) is 7.91. The van der Waals surface area contributed by atoms with Crippen LogP contribution < -0.4 is 0 Å². The highest BCUT2D eigenvalue weighted by Gasteiger charge is 1.99. The topological polar surface area (TPSA) is 9.23 Å². The molecule has 0 radical (unpaired) electrons. The fourth-order valence-electron chi connectivity index (χ4n) is 1.03. The zero-order chi connectivity index (χ0) is 10.4. The molecule has 3 heteroatoms. The average molecular weight is 320 g/mol. The first-order valence-corrected chi connectivity index (χ1v) is 5.95. The Kier molecular flexibility index (Phi) is 5.45. The van der Waals surface area contributed by atoms with Crippen LogP contribution in [0.1, 0.15) is 12.5 Å². The van der Waals surface area contributed by atoms with Crippen LogP contribution in [-0.4, -0.2) is 6.10 Å². The molecule has 0 bridgehead atoms. The summed E-state index contributed by atoms with van der Waals surface area (Å²) in [4.78, 5) is 0. The smallest absolute Gasteiger partial charge is 0.0751 e. The fraction of sp³-hybridized carbons (Fsp3) is 0.273. The molecule has 0 aromatic heterocycles. The Morgan fingerprint density at radius 3 is 2.57 bits per heavy atom. The van der Waals surface area contributed by atoms with Crippen molar-refractivity contribution in [1.29, 1.82) is 0 Å². The normalized spacial score (nSPS) is 12.2. The van der Waals surface area contributed by atoms with E-state index in [0.717, 1.165) is 3.39 Å². The molecule has 0 fully saturated rings. The Hall–Kier alpha value is -0.120. The Morgan fingerprint density at radius 2 is 2.00 bits per heavy atom. The van der Waals surface area contributed by atoms with E-state index >= 15 is 0 Å². The first kappa shape index (κ1) is 12.0. The lowest BCUT2D eigenvalue weighted by Crippen LogP contribution is -2.04. The van der Waals surface area contributed by atoms with Crippen LogP contribution >= 0.6 is 31.9 Å². The van der Waals surface area contributed by atoms with Gasteiger partial charge in [0.25, 0.3) is 0 Å². The number of ether oxygens (including phenoxy) is 1. The standard InChI is InChI=1S/C11H12Br2O/c1-9(7-11(12)13)14-8-10-5-3-2-4-6-10/h2-7,9H,8H2,1H3. The van der Waals surface area contributed by atoms with Crippen LogP contribution in [0.2, 0.25) is 0 Å². The van der Waals surface area contributed by atoms with Gasteiger partial charge in [-0.1, -0.05) is 30.3 Å². The number of hydrogen-bond donors (Lipinski definition) is 0. The van der Waals surface area contributed by atoms with Gasteiger partial charge >= 0.3 is 0 Å². The van der Waals surface area contributed by atoms with Gasteiger partial charge in [0.05, 0.1) is 16.1 Å². The van der Waals surface area contributed by atoms with Crippen LogP contribution in [0.15, 0.2) is 39.8 Å². The van der Waals surface area contributed by atoms with Crippen molar-refractivity contribution in [1.82, 2.24) is 0 Å². The summed E-state index contributed by atoms with van der Waals surface area (Å²) in [6, 6.07) is 10.1. The lowest BCUT2D eigenvalue weighted by Gasteiger charge is -2.08. The maximum Gasteiger partial charge on any atom is 0.0751 e. The average Bonchev–Trinajstić information content (AvgIpc) is 2.15. The molecular formula is C11H12Br2O. The predicted octanol–water partition coefficient (Wildman–Crippen LogP) is 4.22. The first-order chi connectivity index (χ1) is 6.68. The first-order valence-electron chi connectivity index (χ1n) is 4.37. The Morgan fingerprint density at radius 1 is 1.36 bits per heavy atom. The summed E-state index contributed by atoms with van der Waals surface area (Å²) >= 11 is 6.60. The summed E-state index contributed by atoms with van der Waals surface area (Å²) in [5.41, 5.74) is 1.19. The molecule has 1 aromatic carbocycles. The number of rotatable bonds is 4. The van der Waals surface area contributed by atoms with Crippen LogP contribution in [0, 0.1) is 0 Å². The van der Waals surface area contributed by atoms with E-state index in [1.54, 1.807) is 0 Å². The van der Waals surface area contributed by atoms with Crippen LogP contribution in [0.25, 0.3) is 0 Å². The third-order valence-corrected chi connectivity index (χ3v) is 2.25. The zero-order valence-corrected chi connectivity index (χ0v) is 11.1. The summed E-state index contributed by atoms with van der Waals surface area (Å²) in [5, 5.41) is 0. The minimum absolute atomic E-state index is 0.101. The van der Waals surface area contributed by atoms with Crippen molar-refractivity contribution in [2.24, 2.45) is 0 Å². The van der Waals surface area contributed by atoms with E-state index in [2.05, 4.69) is 44.0 Å². The number of hydrogen-bond acceptors (Lipinski definition) is 1. The molecule has 0 saturated heterocycles. The van der Waals surface area contributed by atoms with E-state index in [4.69, 9.17) is 4.74 Å². The molecule has 1 rings (SSSR count). The van der Waals surface area contributed by atoms with Crippen molar-refractivity contribution in [3.8, 4) is 0 Å². The minimum atomic E-state index is 0.101. The van der Waals surface area contributed by atoms with E-state index < -0.39 is 0 Å². The quantitative estimate of drug-likeness (QED) is 0.807. The molecule has 0 aliphatic carbocycles. The molecule has 0 aliphatic rings. The fourth-order valence-corrected chi connectivity index (χ4v) is 1.77. The van der Waals surface area contributed by atoms with Crippen LogP contribution in [0.3, 0.4) is 0 Å². The number of halogens is 2. The molecular weight excluding hydrogens is 308 g/mol. The highest BCUT2D eigenvalue weighted by atomic mass is 79.9.